The molecule has 0 saturated heterocycles. The number of carbonyl (C=O) groups is 5. The number of aliphatic imine (C=N–C) groups is 2. The van der Waals surface area contributed by atoms with Crippen LogP contribution in [0.3, 0.4) is 0 Å². The first kappa shape index (κ1) is 31.9. The lowest BCUT2D eigenvalue weighted by Crippen LogP contribution is -2.53. The van der Waals surface area contributed by atoms with Crippen molar-refractivity contribution in [3.05, 3.63) is 0 Å². The predicted molar refractivity (Wildman–Crippen MR) is 129 cm³/mol. The minimum Gasteiger partial charge on any atom is -0.481 e. The molecule has 0 aliphatic rings. The summed E-state index contributed by atoms with van der Waals surface area (Å²) in [6, 6.07) is -3.54. The van der Waals surface area contributed by atoms with Crippen molar-refractivity contribution >= 4 is 41.6 Å². The lowest BCUT2D eigenvalue weighted by molar-refractivity contribution is -0.142. The van der Waals surface area contributed by atoms with E-state index >= 15 is 0 Å². The number of carboxylic acid groups (broad SMARTS) is 2. The lowest BCUT2D eigenvalue weighted by Gasteiger charge is -2.21. The molecule has 17 heteroatoms. The van der Waals surface area contributed by atoms with E-state index in [-0.39, 0.29) is 63.5 Å². The first-order chi connectivity index (χ1) is 16.8. The molecule has 0 bridgehead atoms. The van der Waals surface area contributed by atoms with Crippen LogP contribution < -0.4 is 44.6 Å². The molecule has 0 fully saturated rings. The van der Waals surface area contributed by atoms with Crippen molar-refractivity contribution in [2.24, 2.45) is 38.7 Å². The van der Waals surface area contributed by atoms with Gasteiger partial charge in [0.15, 0.2) is 11.9 Å². The van der Waals surface area contributed by atoms with Gasteiger partial charge in [-0.2, -0.15) is 0 Å². The van der Waals surface area contributed by atoms with Gasteiger partial charge in [-0.25, -0.2) is 4.79 Å². The van der Waals surface area contributed by atoms with Crippen molar-refractivity contribution in [3.8, 4) is 0 Å². The van der Waals surface area contributed by atoms with Crippen LogP contribution in [0.5, 0.6) is 0 Å². The lowest BCUT2D eigenvalue weighted by atomic mass is 10.1. The van der Waals surface area contributed by atoms with Crippen molar-refractivity contribution in [2.75, 3.05) is 19.6 Å². The highest BCUT2D eigenvalue weighted by atomic mass is 16.4. The van der Waals surface area contributed by atoms with Gasteiger partial charge >= 0.3 is 11.9 Å². The van der Waals surface area contributed by atoms with Crippen molar-refractivity contribution in [1.82, 2.24) is 16.0 Å². The summed E-state index contributed by atoms with van der Waals surface area (Å²) in [5.41, 5.74) is 26.6. The summed E-state index contributed by atoms with van der Waals surface area (Å²) in [4.78, 5) is 66.6. The zero-order valence-corrected chi connectivity index (χ0v) is 19.8. The van der Waals surface area contributed by atoms with Crippen LogP contribution in [-0.4, -0.2) is 89.6 Å². The Morgan fingerprint density at radius 1 is 0.750 bits per heavy atom. The molecule has 0 rings (SSSR count). The number of nitrogens with two attached hydrogens (primary N) is 5. The summed E-state index contributed by atoms with van der Waals surface area (Å²) in [5.74, 6) is -4.98. The first-order valence-electron chi connectivity index (χ1n) is 11.0. The second-order valence-corrected chi connectivity index (χ2v) is 7.67. The van der Waals surface area contributed by atoms with E-state index in [0.717, 1.165) is 0 Å². The Balaban J connectivity index is 4.98. The van der Waals surface area contributed by atoms with Crippen LogP contribution in [0.2, 0.25) is 0 Å². The maximum absolute atomic E-state index is 12.6. The number of aliphatic carboxylic acids is 2. The van der Waals surface area contributed by atoms with Gasteiger partial charge in [-0.05, 0) is 32.1 Å². The minimum absolute atomic E-state index is 0.0451. The number of guanidine groups is 2. The Morgan fingerprint density at radius 2 is 1.28 bits per heavy atom. The van der Waals surface area contributed by atoms with Gasteiger partial charge < -0.3 is 54.8 Å². The zero-order valence-electron chi connectivity index (χ0n) is 19.8. The Bertz CT molecular complexity index is 825. The monoisotopic (exact) mass is 516 g/mol. The van der Waals surface area contributed by atoms with E-state index in [2.05, 4.69) is 25.9 Å². The first-order valence-corrected chi connectivity index (χ1v) is 11.0. The number of carbonyl (C=O) groups excluding carboxylic acids is 3. The van der Waals surface area contributed by atoms with E-state index in [4.69, 9.17) is 33.8 Å². The highest BCUT2D eigenvalue weighted by Gasteiger charge is 2.25. The second kappa shape index (κ2) is 17.3. The number of hydrogen-bond donors (Lipinski definition) is 10. The number of nitrogens with zero attached hydrogens (tertiary/aromatic N) is 2. The molecule has 0 radical (unpaired) electrons. The number of carboxylic acids is 2. The van der Waals surface area contributed by atoms with Crippen LogP contribution in [0.25, 0.3) is 0 Å². The van der Waals surface area contributed by atoms with E-state index in [1.54, 1.807) is 0 Å². The summed E-state index contributed by atoms with van der Waals surface area (Å²) in [5, 5.41) is 25.0. The normalized spacial score (nSPS) is 12.8. The van der Waals surface area contributed by atoms with E-state index in [1.807, 2.05) is 0 Å². The molecule has 0 aliphatic carbocycles. The van der Waals surface area contributed by atoms with Crippen molar-refractivity contribution in [1.29, 1.82) is 0 Å². The van der Waals surface area contributed by atoms with Crippen molar-refractivity contribution in [3.63, 3.8) is 0 Å². The van der Waals surface area contributed by atoms with Gasteiger partial charge in [0.2, 0.25) is 17.7 Å². The maximum Gasteiger partial charge on any atom is 0.326 e. The second-order valence-electron chi connectivity index (χ2n) is 7.67. The van der Waals surface area contributed by atoms with Gasteiger partial charge in [-0.15, -0.1) is 0 Å². The Morgan fingerprint density at radius 3 is 1.75 bits per heavy atom. The smallest absolute Gasteiger partial charge is 0.326 e. The molecular formula is C19H36N10O7. The summed E-state index contributed by atoms with van der Waals surface area (Å²) >= 11 is 0. The Hall–Kier alpha value is -4.15. The van der Waals surface area contributed by atoms with Crippen molar-refractivity contribution < 1.29 is 34.2 Å². The molecule has 0 spiro atoms. The van der Waals surface area contributed by atoms with Gasteiger partial charge in [0.1, 0.15) is 12.1 Å². The third-order valence-electron chi connectivity index (χ3n) is 4.59. The highest BCUT2D eigenvalue weighted by molar-refractivity contribution is 5.92. The average molecular weight is 517 g/mol. The molecule has 204 valence electrons. The summed E-state index contributed by atoms with van der Waals surface area (Å²) in [6.45, 7) is -0.232. The highest BCUT2D eigenvalue weighted by Crippen LogP contribution is 2.02. The summed E-state index contributed by atoms with van der Waals surface area (Å²) in [7, 11) is 0. The molecule has 3 amide bonds. The molecule has 0 aliphatic heterocycles. The van der Waals surface area contributed by atoms with Crippen LogP contribution in [0, 0.1) is 0 Å². The number of amides is 3. The van der Waals surface area contributed by atoms with Crippen LogP contribution in [0.4, 0.5) is 0 Å². The van der Waals surface area contributed by atoms with Crippen molar-refractivity contribution in [2.45, 2.75) is 56.7 Å². The topological polar surface area (TPSA) is 317 Å². The molecule has 0 heterocycles. The maximum atomic E-state index is 12.6. The standard InChI is InChI=1S/C19H36N10O7/c20-10(5-6-14(31)32)15(33)29-11(3-1-7-25-18(21)22)16(34)27-9-13(30)28-12(17(35)36)4-2-8-26-19(23)24/h10-12H,1-9,20H2,(H,27,34)(H,28,30)(H,29,33)(H,31,32)(H,35,36)(H4,21,22,25)(H4,23,24,26). The van der Waals surface area contributed by atoms with Crippen LogP contribution in [0.15, 0.2) is 9.98 Å². The fourth-order valence-corrected chi connectivity index (χ4v) is 2.76. The summed E-state index contributed by atoms with van der Waals surface area (Å²) in [6.07, 6.45) is 0.198. The molecule has 3 unspecified atom stereocenters. The molecule has 36 heavy (non-hydrogen) atoms. The largest absolute Gasteiger partial charge is 0.481 e. The van der Waals surface area contributed by atoms with Gasteiger partial charge in [-0.1, -0.05) is 0 Å². The van der Waals surface area contributed by atoms with Crippen LogP contribution in [-0.2, 0) is 24.0 Å². The fraction of sp³-hybridized carbons (Fsp3) is 0.632. The van der Waals surface area contributed by atoms with E-state index < -0.39 is 54.3 Å². The zero-order chi connectivity index (χ0) is 27.7. The molecule has 0 aromatic rings. The number of rotatable bonds is 18. The molecule has 0 aromatic heterocycles. The van der Waals surface area contributed by atoms with E-state index in [0.29, 0.717) is 0 Å². The Kier molecular flexibility index (Phi) is 15.3. The fourth-order valence-electron chi connectivity index (χ4n) is 2.76. The van der Waals surface area contributed by atoms with Crippen LogP contribution in [0.1, 0.15) is 38.5 Å². The summed E-state index contributed by atoms with van der Waals surface area (Å²) < 4.78 is 0. The Labute approximate surface area is 207 Å². The molecule has 0 saturated carbocycles. The molecular weight excluding hydrogens is 480 g/mol. The van der Waals surface area contributed by atoms with Gasteiger partial charge in [0.25, 0.3) is 0 Å². The third-order valence-corrected chi connectivity index (χ3v) is 4.59. The van der Waals surface area contributed by atoms with Gasteiger partial charge in [-0.3, -0.25) is 29.2 Å². The van der Waals surface area contributed by atoms with Gasteiger partial charge in [0.05, 0.1) is 12.6 Å². The third kappa shape index (κ3) is 15.6. The quantitative estimate of drug-likeness (QED) is 0.0467. The van der Waals surface area contributed by atoms with E-state index in [9.17, 15) is 29.1 Å². The molecule has 3 atom stereocenters. The van der Waals surface area contributed by atoms with Gasteiger partial charge in [0, 0.05) is 19.5 Å². The molecule has 0 aromatic carbocycles. The van der Waals surface area contributed by atoms with E-state index in [1.165, 1.54) is 0 Å². The number of nitrogens with one attached hydrogen (secondary N) is 3. The molecule has 15 N–H and O–H groups in total. The minimum atomic E-state index is -1.28. The average Bonchev–Trinajstić information content (AvgIpc) is 2.78. The van der Waals surface area contributed by atoms with Crippen LogP contribution >= 0.6 is 0 Å². The predicted octanol–water partition coefficient (Wildman–Crippen LogP) is -4.54. The number of hydrogen-bond acceptors (Lipinski definition) is 8. The SMILES string of the molecule is NC(N)=NCCCC(NC(=O)CNC(=O)C(CCCN=C(N)N)NC(=O)C(N)CCC(=O)O)C(=O)O. The molecule has 17 nitrogen and oxygen atoms in total.